The minimum Gasteiger partial charge on any atom is -0.355 e. The Morgan fingerprint density at radius 1 is 0.815 bits per heavy atom. The second kappa shape index (κ2) is 8.00. The van der Waals surface area contributed by atoms with Crippen molar-refractivity contribution in [3.63, 3.8) is 0 Å². The molecule has 2 fully saturated rings. The minimum atomic E-state index is -0.0903. The van der Waals surface area contributed by atoms with Gasteiger partial charge in [0.2, 0.25) is 0 Å². The van der Waals surface area contributed by atoms with E-state index in [0.29, 0.717) is 18.1 Å². The summed E-state index contributed by atoms with van der Waals surface area (Å²) in [6.07, 6.45) is 2.45. The van der Waals surface area contributed by atoms with Gasteiger partial charge in [-0.05, 0) is 49.2 Å². The summed E-state index contributed by atoms with van der Waals surface area (Å²) in [5, 5.41) is 12.3. The molecule has 4 rings (SSSR count). The average Bonchev–Trinajstić information content (AvgIpc) is 3.25. The molecule has 0 spiro atoms. The standard InChI is InChI=1S/C19H23ClN6O/c20-15-3-5-16(6-4-15)21-19(27)26-13-11-25(12-14-26)18-8-7-17(22-23-18)24-9-1-2-10-24/h3-8H,1-2,9-14H2,(H,21,27). The van der Waals surface area contributed by atoms with Gasteiger partial charge < -0.3 is 20.0 Å². The number of urea groups is 1. The number of aromatic nitrogens is 2. The summed E-state index contributed by atoms with van der Waals surface area (Å²) >= 11 is 5.88. The Labute approximate surface area is 163 Å². The highest BCUT2D eigenvalue weighted by Crippen LogP contribution is 2.20. The largest absolute Gasteiger partial charge is 0.355 e. The number of benzene rings is 1. The fourth-order valence-electron chi connectivity index (χ4n) is 3.48. The smallest absolute Gasteiger partial charge is 0.321 e. The Balaban J connectivity index is 1.30. The quantitative estimate of drug-likeness (QED) is 0.878. The molecule has 7 nitrogen and oxygen atoms in total. The molecular formula is C19H23ClN6O. The van der Waals surface area contributed by atoms with Crippen molar-refractivity contribution in [2.45, 2.75) is 12.8 Å². The molecule has 2 amide bonds. The summed E-state index contributed by atoms with van der Waals surface area (Å²) in [6, 6.07) is 11.1. The van der Waals surface area contributed by atoms with Crippen molar-refractivity contribution in [2.24, 2.45) is 0 Å². The lowest BCUT2D eigenvalue weighted by Gasteiger charge is -2.35. The van der Waals surface area contributed by atoms with Crippen LogP contribution in [-0.4, -0.2) is 60.4 Å². The first-order valence-corrected chi connectivity index (χ1v) is 9.72. The van der Waals surface area contributed by atoms with Crippen LogP contribution in [0.1, 0.15) is 12.8 Å². The highest BCUT2D eigenvalue weighted by atomic mass is 35.5. The Kier molecular flexibility index (Phi) is 5.29. The number of carbonyl (C=O) groups is 1. The zero-order chi connectivity index (χ0) is 18.6. The summed E-state index contributed by atoms with van der Waals surface area (Å²) in [6.45, 7) is 4.91. The Morgan fingerprint density at radius 3 is 1.93 bits per heavy atom. The summed E-state index contributed by atoms with van der Waals surface area (Å²) < 4.78 is 0. The van der Waals surface area contributed by atoms with Gasteiger partial charge in [-0.2, -0.15) is 0 Å². The minimum absolute atomic E-state index is 0.0903. The lowest BCUT2D eigenvalue weighted by atomic mass is 10.3. The first kappa shape index (κ1) is 17.9. The number of nitrogens with one attached hydrogen (secondary N) is 1. The molecule has 1 aromatic heterocycles. The number of nitrogens with zero attached hydrogens (tertiary/aromatic N) is 5. The number of rotatable bonds is 3. The van der Waals surface area contributed by atoms with Crippen LogP contribution in [0.2, 0.25) is 5.02 Å². The van der Waals surface area contributed by atoms with Crippen molar-refractivity contribution < 1.29 is 4.79 Å². The number of anilines is 3. The molecule has 142 valence electrons. The van der Waals surface area contributed by atoms with E-state index < -0.39 is 0 Å². The molecular weight excluding hydrogens is 364 g/mol. The third-order valence-electron chi connectivity index (χ3n) is 5.05. The van der Waals surface area contributed by atoms with E-state index in [2.05, 4.69) is 25.3 Å². The fourth-order valence-corrected chi connectivity index (χ4v) is 3.60. The number of amides is 2. The van der Waals surface area contributed by atoms with E-state index in [-0.39, 0.29) is 6.03 Å². The zero-order valence-corrected chi connectivity index (χ0v) is 15.9. The van der Waals surface area contributed by atoms with E-state index in [1.54, 1.807) is 24.3 Å². The molecule has 2 aliphatic heterocycles. The van der Waals surface area contributed by atoms with Gasteiger partial charge in [0.25, 0.3) is 0 Å². The number of halogens is 1. The van der Waals surface area contributed by atoms with Gasteiger partial charge in [0.15, 0.2) is 11.6 Å². The fraction of sp³-hybridized carbons (Fsp3) is 0.421. The maximum absolute atomic E-state index is 12.4. The topological polar surface area (TPSA) is 64.6 Å². The Bertz CT molecular complexity index is 768. The van der Waals surface area contributed by atoms with Crippen molar-refractivity contribution in [3.05, 3.63) is 41.4 Å². The molecule has 0 aliphatic carbocycles. The maximum atomic E-state index is 12.4. The van der Waals surface area contributed by atoms with E-state index >= 15 is 0 Å². The molecule has 0 saturated carbocycles. The number of carbonyl (C=O) groups excluding carboxylic acids is 1. The van der Waals surface area contributed by atoms with Gasteiger partial charge in [-0.1, -0.05) is 11.6 Å². The van der Waals surface area contributed by atoms with Crippen molar-refractivity contribution in [3.8, 4) is 0 Å². The van der Waals surface area contributed by atoms with Crippen LogP contribution in [0.5, 0.6) is 0 Å². The van der Waals surface area contributed by atoms with E-state index in [1.807, 2.05) is 17.0 Å². The third kappa shape index (κ3) is 4.24. The Morgan fingerprint density at radius 2 is 1.37 bits per heavy atom. The summed E-state index contributed by atoms with van der Waals surface area (Å²) in [4.78, 5) is 18.7. The maximum Gasteiger partial charge on any atom is 0.321 e. The van der Waals surface area contributed by atoms with E-state index in [4.69, 9.17) is 11.6 Å². The lowest BCUT2D eigenvalue weighted by molar-refractivity contribution is 0.208. The number of hydrogen-bond donors (Lipinski definition) is 1. The summed E-state index contributed by atoms with van der Waals surface area (Å²) in [5.41, 5.74) is 0.746. The SMILES string of the molecule is O=C(Nc1ccc(Cl)cc1)N1CCN(c2ccc(N3CCCC3)nn2)CC1. The molecule has 1 aromatic carbocycles. The van der Waals surface area contributed by atoms with Crippen molar-refractivity contribution in [1.82, 2.24) is 15.1 Å². The van der Waals surface area contributed by atoms with E-state index in [1.165, 1.54) is 12.8 Å². The summed E-state index contributed by atoms with van der Waals surface area (Å²) in [5.74, 6) is 1.83. The molecule has 1 N–H and O–H groups in total. The zero-order valence-electron chi connectivity index (χ0n) is 15.1. The Hall–Kier alpha value is -2.54. The van der Waals surface area contributed by atoms with Gasteiger partial charge in [0, 0.05) is 50.0 Å². The van der Waals surface area contributed by atoms with Gasteiger partial charge in [-0.25, -0.2) is 4.79 Å². The van der Waals surface area contributed by atoms with Gasteiger partial charge in [0.1, 0.15) is 0 Å². The van der Waals surface area contributed by atoms with Crippen LogP contribution in [0.3, 0.4) is 0 Å². The second-order valence-corrected chi connectivity index (χ2v) is 7.29. The molecule has 27 heavy (non-hydrogen) atoms. The highest BCUT2D eigenvalue weighted by molar-refractivity contribution is 6.30. The molecule has 0 bridgehead atoms. The van der Waals surface area contributed by atoms with Crippen LogP contribution in [-0.2, 0) is 0 Å². The molecule has 0 atom stereocenters. The number of hydrogen-bond acceptors (Lipinski definition) is 5. The van der Waals surface area contributed by atoms with Gasteiger partial charge in [-0.3, -0.25) is 0 Å². The van der Waals surface area contributed by atoms with Crippen LogP contribution in [0.4, 0.5) is 22.1 Å². The van der Waals surface area contributed by atoms with E-state index in [9.17, 15) is 4.79 Å². The van der Waals surface area contributed by atoms with Gasteiger partial charge in [0.05, 0.1) is 0 Å². The van der Waals surface area contributed by atoms with E-state index in [0.717, 1.165) is 43.5 Å². The molecule has 8 heteroatoms. The molecule has 3 heterocycles. The molecule has 0 radical (unpaired) electrons. The molecule has 0 unspecified atom stereocenters. The predicted molar refractivity (Wildman–Crippen MR) is 108 cm³/mol. The van der Waals surface area contributed by atoms with Crippen molar-refractivity contribution in [1.29, 1.82) is 0 Å². The van der Waals surface area contributed by atoms with Crippen molar-refractivity contribution >= 4 is 35.0 Å². The first-order chi connectivity index (χ1) is 13.2. The molecule has 2 saturated heterocycles. The van der Waals surface area contributed by atoms with Crippen LogP contribution >= 0.6 is 11.6 Å². The van der Waals surface area contributed by atoms with Crippen LogP contribution in [0.25, 0.3) is 0 Å². The van der Waals surface area contributed by atoms with Gasteiger partial charge >= 0.3 is 6.03 Å². The number of piperazine rings is 1. The molecule has 2 aromatic rings. The normalized spacial score (nSPS) is 17.3. The first-order valence-electron chi connectivity index (χ1n) is 9.34. The average molecular weight is 387 g/mol. The van der Waals surface area contributed by atoms with Crippen LogP contribution in [0, 0.1) is 0 Å². The highest BCUT2D eigenvalue weighted by Gasteiger charge is 2.22. The van der Waals surface area contributed by atoms with Crippen molar-refractivity contribution in [2.75, 3.05) is 54.4 Å². The van der Waals surface area contributed by atoms with Gasteiger partial charge in [-0.15, -0.1) is 10.2 Å². The van der Waals surface area contributed by atoms with Crippen LogP contribution in [0.15, 0.2) is 36.4 Å². The molecule has 2 aliphatic rings. The summed E-state index contributed by atoms with van der Waals surface area (Å²) in [7, 11) is 0. The van der Waals surface area contributed by atoms with Crippen LogP contribution < -0.4 is 15.1 Å². The second-order valence-electron chi connectivity index (χ2n) is 6.86. The third-order valence-corrected chi connectivity index (χ3v) is 5.30. The lowest BCUT2D eigenvalue weighted by Crippen LogP contribution is -2.50. The predicted octanol–water partition coefficient (Wildman–Crippen LogP) is 3.08. The monoisotopic (exact) mass is 386 g/mol.